The van der Waals surface area contributed by atoms with E-state index in [-0.39, 0.29) is 0 Å². The third-order valence-electron chi connectivity index (χ3n) is 4.58. The fourth-order valence-corrected chi connectivity index (χ4v) is 3.28. The molecule has 2 aromatic heterocycles. The smallest absolute Gasteiger partial charge is 0.255 e. The van der Waals surface area contributed by atoms with Crippen molar-refractivity contribution in [1.82, 2.24) is 19.6 Å². The summed E-state index contributed by atoms with van der Waals surface area (Å²) in [5.74, 6) is 3.20. The monoisotopic (exact) mass is 307 g/mol. The summed E-state index contributed by atoms with van der Waals surface area (Å²) in [6, 6.07) is 0. The van der Waals surface area contributed by atoms with Gasteiger partial charge in [-0.2, -0.15) is 19.6 Å². The second-order valence-electron chi connectivity index (χ2n) is 6.19. The van der Waals surface area contributed by atoms with Crippen LogP contribution in [0.3, 0.4) is 0 Å². The molecule has 1 fully saturated rings. The van der Waals surface area contributed by atoms with Crippen molar-refractivity contribution in [3.05, 3.63) is 17.0 Å². The van der Waals surface area contributed by atoms with Crippen LogP contribution in [0, 0.1) is 18.8 Å². The van der Waals surface area contributed by atoms with Gasteiger partial charge in [-0.15, -0.1) is 0 Å². The van der Waals surface area contributed by atoms with E-state index >= 15 is 0 Å². The van der Waals surface area contributed by atoms with Crippen molar-refractivity contribution in [2.45, 2.75) is 46.0 Å². The summed E-state index contributed by atoms with van der Waals surface area (Å²) in [7, 11) is 0. The Hall–Kier alpha value is -1.36. The van der Waals surface area contributed by atoms with Gasteiger partial charge in [-0.05, 0) is 25.2 Å². The summed E-state index contributed by atoms with van der Waals surface area (Å²) < 4.78 is 1.73. The summed E-state index contributed by atoms with van der Waals surface area (Å²) in [4.78, 5) is 8.32. The number of nitrogens with one attached hydrogen (secondary N) is 1. The molecule has 2 aromatic rings. The number of rotatable bonds is 4. The highest BCUT2D eigenvalue weighted by molar-refractivity contribution is 6.30. The predicted octanol–water partition coefficient (Wildman–Crippen LogP) is 3.71. The van der Waals surface area contributed by atoms with E-state index in [2.05, 4.69) is 27.3 Å². The minimum absolute atomic E-state index is 0.490. The molecule has 0 atom stereocenters. The first-order valence-corrected chi connectivity index (χ1v) is 8.12. The average molecular weight is 308 g/mol. The molecule has 0 spiro atoms. The van der Waals surface area contributed by atoms with Crippen LogP contribution in [0.1, 0.15) is 44.6 Å². The minimum atomic E-state index is 0.490. The van der Waals surface area contributed by atoms with Crippen LogP contribution >= 0.6 is 11.6 Å². The average Bonchev–Trinajstić information content (AvgIpc) is 2.93. The number of halogens is 1. The van der Waals surface area contributed by atoms with E-state index in [0.717, 1.165) is 29.8 Å². The second-order valence-corrected chi connectivity index (χ2v) is 6.55. The van der Waals surface area contributed by atoms with Crippen LogP contribution < -0.4 is 5.32 Å². The van der Waals surface area contributed by atoms with E-state index < -0.39 is 0 Å². The zero-order valence-electron chi connectivity index (χ0n) is 12.6. The van der Waals surface area contributed by atoms with Crippen molar-refractivity contribution in [2.75, 3.05) is 11.9 Å². The first kappa shape index (κ1) is 14.6. The van der Waals surface area contributed by atoms with E-state index in [0.29, 0.717) is 10.9 Å². The molecule has 0 bridgehead atoms. The molecule has 1 saturated carbocycles. The summed E-state index contributed by atoms with van der Waals surface area (Å²) in [5.41, 5.74) is 0.923. The molecule has 0 saturated heterocycles. The van der Waals surface area contributed by atoms with Gasteiger partial charge in [-0.25, -0.2) is 0 Å². The predicted molar refractivity (Wildman–Crippen MR) is 84.8 cm³/mol. The van der Waals surface area contributed by atoms with Crippen LogP contribution in [0.15, 0.2) is 6.33 Å². The molecule has 2 heterocycles. The normalized spacial score (nSPS) is 22.6. The molecule has 0 aromatic carbocycles. The molecule has 0 amide bonds. The SMILES string of the molecule is Cc1c(Cl)nc2ncnn2c1NCCC1CCC(C)CC1. The van der Waals surface area contributed by atoms with Crippen molar-refractivity contribution in [3.63, 3.8) is 0 Å². The summed E-state index contributed by atoms with van der Waals surface area (Å²) in [6.45, 7) is 5.26. The van der Waals surface area contributed by atoms with Crippen LogP contribution in [0.4, 0.5) is 5.82 Å². The zero-order valence-corrected chi connectivity index (χ0v) is 13.4. The van der Waals surface area contributed by atoms with Crippen molar-refractivity contribution >= 4 is 23.2 Å². The fraction of sp³-hybridized carbons (Fsp3) is 0.667. The lowest BCUT2D eigenvalue weighted by Crippen LogP contribution is -2.17. The van der Waals surface area contributed by atoms with Crippen LogP contribution in [-0.2, 0) is 0 Å². The number of fused-ring (bicyclic) bond motifs is 1. The van der Waals surface area contributed by atoms with Gasteiger partial charge in [0.05, 0.1) is 0 Å². The lowest BCUT2D eigenvalue weighted by atomic mass is 9.81. The summed E-state index contributed by atoms with van der Waals surface area (Å²) in [5, 5.41) is 8.19. The Morgan fingerprint density at radius 1 is 1.33 bits per heavy atom. The Morgan fingerprint density at radius 3 is 2.86 bits per heavy atom. The van der Waals surface area contributed by atoms with Gasteiger partial charge in [-0.1, -0.05) is 44.2 Å². The largest absolute Gasteiger partial charge is 0.370 e. The van der Waals surface area contributed by atoms with Crippen molar-refractivity contribution in [2.24, 2.45) is 11.8 Å². The van der Waals surface area contributed by atoms with Crippen LogP contribution in [0.25, 0.3) is 5.78 Å². The molecular weight excluding hydrogens is 286 g/mol. The molecular formula is C15H22ClN5. The van der Waals surface area contributed by atoms with Crippen LogP contribution in [-0.4, -0.2) is 26.1 Å². The van der Waals surface area contributed by atoms with Crippen LogP contribution in [0.5, 0.6) is 0 Å². The molecule has 6 heteroatoms. The van der Waals surface area contributed by atoms with E-state index in [1.807, 2.05) is 6.92 Å². The highest BCUT2D eigenvalue weighted by Gasteiger charge is 2.18. The van der Waals surface area contributed by atoms with E-state index in [4.69, 9.17) is 11.6 Å². The van der Waals surface area contributed by atoms with Gasteiger partial charge in [0.25, 0.3) is 5.78 Å². The molecule has 0 aliphatic heterocycles. The van der Waals surface area contributed by atoms with Gasteiger partial charge < -0.3 is 5.32 Å². The number of aromatic nitrogens is 4. The lowest BCUT2D eigenvalue weighted by molar-refractivity contribution is 0.282. The molecule has 1 aliphatic carbocycles. The Balaban J connectivity index is 1.65. The summed E-state index contributed by atoms with van der Waals surface area (Å²) in [6.07, 6.45) is 8.17. The molecule has 21 heavy (non-hydrogen) atoms. The first-order valence-electron chi connectivity index (χ1n) is 7.75. The van der Waals surface area contributed by atoms with Gasteiger partial charge in [0, 0.05) is 12.1 Å². The number of hydrogen-bond donors (Lipinski definition) is 1. The van der Waals surface area contributed by atoms with Gasteiger partial charge in [0.15, 0.2) is 0 Å². The molecule has 0 unspecified atom stereocenters. The topological polar surface area (TPSA) is 55.1 Å². The zero-order chi connectivity index (χ0) is 14.8. The second kappa shape index (κ2) is 6.18. The maximum Gasteiger partial charge on any atom is 0.255 e. The highest BCUT2D eigenvalue weighted by Crippen LogP contribution is 2.30. The third-order valence-corrected chi connectivity index (χ3v) is 4.95. The fourth-order valence-electron chi connectivity index (χ4n) is 3.12. The number of nitrogens with zero attached hydrogens (tertiary/aromatic N) is 4. The highest BCUT2D eigenvalue weighted by atomic mass is 35.5. The molecule has 3 rings (SSSR count). The molecule has 5 nitrogen and oxygen atoms in total. The van der Waals surface area contributed by atoms with Crippen molar-refractivity contribution in [1.29, 1.82) is 0 Å². The molecule has 114 valence electrons. The van der Waals surface area contributed by atoms with Gasteiger partial charge in [-0.3, -0.25) is 0 Å². The van der Waals surface area contributed by atoms with Crippen LogP contribution in [0.2, 0.25) is 5.15 Å². The standard InChI is InChI=1S/C15H22ClN5/c1-10-3-5-12(6-4-10)7-8-17-14-11(2)13(16)20-15-18-9-19-21(14)15/h9-10,12,17H,3-8H2,1-2H3. The molecule has 0 radical (unpaired) electrons. The quantitative estimate of drug-likeness (QED) is 0.875. The third kappa shape index (κ3) is 3.12. The maximum absolute atomic E-state index is 6.16. The Labute approximate surface area is 130 Å². The first-order chi connectivity index (χ1) is 10.1. The molecule has 1 aliphatic rings. The van der Waals surface area contributed by atoms with Crippen molar-refractivity contribution in [3.8, 4) is 0 Å². The van der Waals surface area contributed by atoms with Gasteiger partial charge in [0.2, 0.25) is 0 Å². The van der Waals surface area contributed by atoms with E-state index in [9.17, 15) is 0 Å². The Morgan fingerprint density at radius 2 is 2.10 bits per heavy atom. The number of hydrogen-bond acceptors (Lipinski definition) is 4. The maximum atomic E-state index is 6.16. The van der Waals surface area contributed by atoms with E-state index in [1.54, 1.807) is 4.52 Å². The van der Waals surface area contributed by atoms with Crippen molar-refractivity contribution < 1.29 is 0 Å². The van der Waals surface area contributed by atoms with Gasteiger partial charge >= 0.3 is 0 Å². The molecule has 1 N–H and O–H groups in total. The minimum Gasteiger partial charge on any atom is -0.370 e. The number of anilines is 1. The Bertz CT molecular complexity index is 616. The Kier molecular flexibility index (Phi) is 4.29. The lowest BCUT2D eigenvalue weighted by Gasteiger charge is -2.26. The summed E-state index contributed by atoms with van der Waals surface area (Å²) >= 11 is 6.16. The van der Waals surface area contributed by atoms with Gasteiger partial charge in [0.1, 0.15) is 17.3 Å². The van der Waals surface area contributed by atoms with E-state index in [1.165, 1.54) is 38.4 Å².